The molecule has 0 aromatic carbocycles. The number of rotatable bonds is 1. The van der Waals surface area contributed by atoms with Crippen molar-refractivity contribution < 1.29 is 4.79 Å². The minimum atomic E-state index is 0.0604. The van der Waals surface area contributed by atoms with Gasteiger partial charge in [-0.3, -0.25) is 4.79 Å². The fourth-order valence-electron chi connectivity index (χ4n) is 3.05. The number of hydrogen-bond donors (Lipinski definition) is 1. The van der Waals surface area contributed by atoms with E-state index < -0.39 is 0 Å². The van der Waals surface area contributed by atoms with Crippen LogP contribution < -0.4 is 5.73 Å². The van der Waals surface area contributed by atoms with E-state index in [-0.39, 0.29) is 18.0 Å². The van der Waals surface area contributed by atoms with Crippen LogP contribution in [0.5, 0.6) is 0 Å². The molecule has 1 saturated heterocycles. The van der Waals surface area contributed by atoms with Crippen LogP contribution in [0.1, 0.15) is 42.8 Å². The molecule has 1 aliphatic heterocycles. The molecule has 0 bridgehead atoms. The fraction of sp³-hybridized carbons (Fsp3) is 0.467. The zero-order valence-corrected chi connectivity index (χ0v) is 12.6. The molecule has 2 N–H and O–H groups in total. The summed E-state index contributed by atoms with van der Waals surface area (Å²) in [5.74, 6) is 0.0604. The number of likely N-dealkylation sites (tertiary alicyclic amines) is 1. The lowest BCUT2D eigenvalue weighted by Gasteiger charge is -2.38. The van der Waals surface area contributed by atoms with Crippen LogP contribution in [0.15, 0.2) is 18.3 Å². The summed E-state index contributed by atoms with van der Waals surface area (Å²) in [5.41, 5.74) is 6.74. The number of carbonyl (C=O) groups excluding carboxylic acids is 1. The summed E-state index contributed by atoms with van der Waals surface area (Å²) >= 11 is 1.40. The van der Waals surface area contributed by atoms with Gasteiger partial charge in [0.15, 0.2) is 0 Å². The van der Waals surface area contributed by atoms with Gasteiger partial charge in [-0.2, -0.15) is 0 Å². The molecule has 106 valence electrons. The van der Waals surface area contributed by atoms with Crippen LogP contribution in [-0.2, 0) is 0 Å². The highest BCUT2D eigenvalue weighted by atomic mass is 32.1. The number of nitrogens with zero attached hydrogens (tertiary/aromatic N) is 2. The number of carbonyl (C=O) groups is 1. The van der Waals surface area contributed by atoms with Crippen LogP contribution in [0.2, 0.25) is 0 Å². The maximum atomic E-state index is 12.8. The lowest BCUT2D eigenvalue weighted by atomic mass is 9.97. The van der Waals surface area contributed by atoms with E-state index in [1.165, 1.54) is 17.8 Å². The first kappa shape index (κ1) is 13.4. The standard InChI is InChI=1S/C15H19N3OS/c1-9-5-3-6-10(2)18(9)15(19)13-12(16)11-7-4-8-17-14(11)20-13/h4,7-10H,3,5-6,16H2,1-2H3/t9-,10-/m1/s1. The molecule has 20 heavy (non-hydrogen) atoms. The lowest BCUT2D eigenvalue weighted by Crippen LogP contribution is -2.47. The zero-order chi connectivity index (χ0) is 14.3. The van der Waals surface area contributed by atoms with Gasteiger partial charge in [0.25, 0.3) is 5.91 Å². The van der Waals surface area contributed by atoms with E-state index >= 15 is 0 Å². The van der Waals surface area contributed by atoms with Gasteiger partial charge < -0.3 is 10.6 Å². The first-order valence-electron chi connectivity index (χ1n) is 7.05. The first-order chi connectivity index (χ1) is 9.59. The van der Waals surface area contributed by atoms with Crippen molar-refractivity contribution in [1.82, 2.24) is 9.88 Å². The van der Waals surface area contributed by atoms with Crippen molar-refractivity contribution in [2.24, 2.45) is 0 Å². The molecule has 0 radical (unpaired) electrons. The molecule has 1 aliphatic rings. The third-order valence-electron chi connectivity index (χ3n) is 4.13. The molecule has 0 unspecified atom stereocenters. The molecule has 1 amide bonds. The van der Waals surface area contributed by atoms with Crippen molar-refractivity contribution in [3.8, 4) is 0 Å². The SMILES string of the molecule is C[C@@H]1CCC[C@@H](C)N1C(=O)c1sc2ncccc2c1N. The molecule has 2 aromatic heterocycles. The highest BCUT2D eigenvalue weighted by Crippen LogP contribution is 2.35. The minimum absolute atomic E-state index is 0.0604. The maximum absolute atomic E-state index is 12.8. The lowest BCUT2D eigenvalue weighted by molar-refractivity contribution is 0.0517. The summed E-state index contributed by atoms with van der Waals surface area (Å²) in [6.45, 7) is 4.24. The summed E-state index contributed by atoms with van der Waals surface area (Å²) in [5, 5.41) is 0.887. The summed E-state index contributed by atoms with van der Waals surface area (Å²) < 4.78 is 0. The number of hydrogen-bond acceptors (Lipinski definition) is 4. The van der Waals surface area contributed by atoms with Gasteiger partial charge in [-0.05, 0) is 45.2 Å². The number of pyridine rings is 1. The van der Waals surface area contributed by atoms with E-state index in [1.807, 2.05) is 17.0 Å². The van der Waals surface area contributed by atoms with Gasteiger partial charge in [0, 0.05) is 23.7 Å². The minimum Gasteiger partial charge on any atom is -0.397 e. The predicted octanol–water partition coefficient (Wildman–Crippen LogP) is 3.28. The molecule has 2 aromatic rings. The van der Waals surface area contributed by atoms with Gasteiger partial charge in [-0.1, -0.05) is 0 Å². The molecule has 4 nitrogen and oxygen atoms in total. The number of fused-ring (bicyclic) bond motifs is 1. The van der Waals surface area contributed by atoms with Crippen molar-refractivity contribution in [3.63, 3.8) is 0 Å². The Balaban J connectivity index is 2.01. The Bertz CT molecular complexity index is 642. The zero-order valence-electron chi connectivity index (χ0n) is 11.8. The van der Waals surface area contributed by atoms with Crippen LogP contribution in [0.3, 0.4) is 0 Å². The second-order valence-corrected chi connectivity index (χ2v) is 6.54. The topological polar surface area (TPSA) is 59.2 Å². The number of amides is 1. The van der Waals surface area contributed by atoms with E-state index in [4.69, 9.17) is 5.73 Å². The smallest absolute Gasteiger partial charge is 0.266 e. The van der Waals surface area contributed by atoms with E-state index in [2.05, 4.69) is 18.8 Å². The highest BCUT2D eigenvalue weighted by Gasteiger charge is 2.32. The molecule has 5 heteroatoms. The second-order valence-electron chi connectivity index (χ2n) is 5.54. The number of anilines is 1. The Morgan fingerprint density at radius 2 is 2.10 bits per heavy atom. The summed E-state index contributed by atoms with van der Waals surface area (Å²) in [6, 6.07) is 4.34. The number of nitrogens with two attached hydrogens (primary N) is 1. The van der Waals surface area contributed by atoms with Gasteiger partial charge in [0.2, 0.25) is 0 Å². The molecule has 0 saturated carbocycles. The average Bonchev–Trinajstić information content (AvgIpc) is 2.76. The van der Waals surface area contributed by atoms with Crippen molar-refractivity contribution >= 4 is 33.1 Å². The molecule has 3 rings (SSSR count). The Hall–Kier alpha value is -1.62. The van der Waals surface area contributed by atoms with E-state index in [0.29, 0.717) is 10.6 Å². The van der Waals surface area contributed by atoms with Crippen molar-refractivity contribution in [3.05, 3.63) is 23.2 Å². The number of aromatic nitrogens is 1. The monoisotopic (exact) mass is 289 g/mol. The van der Waals surface area contributed by atoms with Crippen LogP contribution in [-0.4, -0.2) is 27.9 Å². The van der Waals surface area contributed by atoms with Crippen LogP contribution in [0.25, 0.3) is 10.2 Å². The molecule has 0 aliphatic carbocycles. The average molecular weight is 289 g/mol. The van der Waals surface area contributed by atoms with Gasteiger partial charge in [0.05, 0.1) is 5.69 Å². The third kappa shape index (κ3) is 2.06. The maximum Gasteiger partial charge on any atom is 0.266 e. The Morgan fingerprint density at radius 3 is 2.75 bits per heavy atom. The summed E-state index contributed by atoms with van der Waals surface area (Å²) in [7, 11) is 0. The third-order valence-corrected chi connectivity index (χ3v) is 5.24. The fourth-order valence-corrected chi connectivity index (χ4v) is 4.06. The largest absolute Gasteiger partial charge is 0.397 e. The van der Waals surface area contributed by atoms with Crippen molar-refractivity contribution in [2.45, 2.75) is 45.2 Å². The van der Waals surface area contributed by atoms with Crippen molar-refractivity contribution in [2.75, 3.05) is 5.73 Å². The summed E-state index contributed by atoms with van der Waals surface area (Å²) in [4.78, 5) is 20.6. The van der Waals surface area contributed by atoms with Gasteiger partial charge in [-0.15, -0.1) is 11.3 Å². The molecular formula is C15H19N3OS. The molecule has 0 spiro atoms. The van der Waals surface area contributed by atoms with Crippen LogP contribution >= 0.6 is 11.3 Å². The highest BCUT2D eigenvalue weighted by molar-refractivity contribution is 7.21. The number of thiophene rings is 1. The van der Waals surface area contributed by atoms with E-state index in [1.54, 1.807) is 6.20 Å². The number of nitrogen functional groups attached to an aromatic ring is 1. The Kier molecular flexibility index (Phi) is 3.38. The Labute approximate surface area is 122 Å². The van der Waals surface area contributed by atoms with Crippen LogP contribution in [0.4, 0.5) is 5.69 Å². The molecule has 3 heterocycles. The number of piperidine rings is 1. The van der Waals surface area contributed by atoms with Gasteiger partial charge >= 0.3 is 0 Å². The first-order valence-corrected chi connectivity index (χ1v) is 7.87. The van der Waals surface area contributed by atoms with Crippen molar-refractivity contribution in [1.29, 1.82) is 0 Å². The normalized spacial score (nSPS) is 23.2. The molecular weight excluding hydrogens is 270 g/mol. The Morgan fingerprint density at radius 1 is 1.40 bits per heavy atom. The predicted molar refractivity (Wildman–Crippen MR) is 83.0 cm³/mol. The van der Waals surface area contributed by atoms with Crippen LogP contribution in [0, 0.1) is 0 Å². The molecule has 1 fully saturated rings. The second kappa shape index (κ2) is 5.05. The van der Waals surface area contributed by atoms with E-state index in [0.717, 1.165) is 23.1 Å². The molecule has 2 atom stereocenters. The quantitative estimate of drug-likeness (QED) is 0.876. The van der Waals surface area contributed by atoms with Gasteiger partial charge in [-0.25, -0.2) is 4.98 Å². The van der Waals surface area contributed by atoms with E-state index in [9.17, 15) is 4.79 Å². The van der Waals surface area contributed by atoms with Gasteiger partial charge in [0.1, 0.15) is 9.71 Å². The summed E-state index contributed by atoms with van der Waals surface area (Å²) in [6.07, 6.45) is 5.06.